The summed E-state index contributed by atoms with van der Waals surface area (Å²) in [6.07, 6.45) is 4.38. The Kier molecular flexibility index (Phi) is 5.48. The van der Waals surface area contributed by atoms with Gasteiger partial charge in [0, 0.05) is 23.7 Å². The summed E-state index contributed by atoms with van der Waals surface area (Å²) in [5.41, 5.74) is 1.49. The molecule has 8 nitrogen and oxygen atoms in total. The summed E-state index contributed by atoms with van der Waals surface area (Å²) in [7, 11) is -3.55. The Morgan fingerprint density at radius 2 is 2.00 bits per heavy atom. The van der Waals surface area contributed by atoms with E-state index in [0.717, 1.165) is 10.6 Å². The minimum Gasteiger partial charge on any atom is -0.326 e. The number of piperidine rings is 1. The molecule has 1 amide bonds. The van der Waals surface area contributed by atoms with Gasteiger partial charge in [0.05, 0.1) is 11.6 Å². The number of benzene rings is 1. The normalized spacial score (nSPS) is 17.9. The van der Waals surface area contributed by atoms with Gasteiger partial charge in [-0.05, 0) is 56.2 Å². The Balaban J connectivity index is 1.42. The molecule has 1 aromatic carbocycles. The van der Waals surface area contributed by atoms with Crippen LogP contribution in [0.3, 0.4) is 0 Å². The fourth-order valence-corrected chi connectivity index (χ4v) is 6.30. The maximum Gasteiger partial charge on any atom is 0.252 e. The van der Waals surface area contributed by atoms with Crippen LogP contribution in [-0.2, 0) is 14.8 Å². The van der Waals surface area contributed by atoms with Gasteiger partial charge in [-0.25, -0.2) is 18.1 Å². The lowest BCUT2D eigenvalue weighted by Gasteiger charge is -2.30. The Morgan fingerprint density at radius 1 is 1.21 bits per heavy atom. The standard InChI is InChI=1S/C19H21N5O3S2/c1-14-4-9-18(28-14)29(26,27)23-10-2-3-15(11-23)19(25)22-16-5-7-17(8-6-16)24-13-20-12-21-24/h4-9,12-13,15H,2-3,10-11H2,1H3,(H,22,25)/t15-/m1/s1. The molecule has 1 saturated heterocycles. The van der Waals surface area contributed by atoms with Crippen LogP contribution in [0.2, 0.25) is 0 Å². The van der Waals surface area contributed by atoms with Crippen LogP contribution in [0.15, 0.2) is 53.3 Å². The number of nitrogens with one attached hydrogen (secondary N) is 1. The number of anilines is 1. The predicted molar refractivity (Wildman–Crippen MR) is 111 cm³/mol. The van der Waals surface area contributed by atoms with Crippen LogP contribution in [-0.4, -0.2) is 46.5 Å². The van der Waals surface area contributed by atoms with Crippen molar-refractivity contribution in [1.29, 1.82) is 0 Å². The Bertz CT molecular complexity index is 1090. The molecule has 0 spiro atoms. The molecule has 0 radical (unpaired) electrons. The topological polar surface area (TPSA) is 97.2 Å². The van der Waals surface area contributed by atoms with Crippen molar-refractivity contribution in [2.45, 2.75) is 24.0 Å². The SMILES string of the molecule is Cc1ccc(S(=O)(=O)N2CCC[C@@H](C(=O)Nc3ccc(-n4cncn4)cc3)C2)s1. The van der Waals surface area contributed by atoms with E-state index < -0.39 is 10.0 Å². The van der Waals surface area contributed by atoms with Gasteiger partial charge in [-0.3, -0.25) is 4.79 Å². The number of aryl methyl sites for hydroxylation is 1. The van der Waals surface area contributed by atoms with E-state index in [4.69, 9.17) is 0 Å². The molecule has 0 bridgehead atoms. The molecule has 152 valence electrons. The third kappa shape index (κ3) is 4.24. The second-order valence-electron chi connectivity index (χ2n) is 6.94. The van der Waals surface area contributed by atoms with Crippen LogP contribution in [0.25, 0.3) is 5.69 Å². The molecule has 0 unspecified atom stereocenters. The molecule has 1 aliphatic rings. The van der Waals surface area contributed by atoms with Crippen molar-refractivity contribution in [2.24, 2.45) is 5.92 Å². The van der Waals surface area contributed by atoms with Crippen molar-refractivity contribution in [3.05, 3.63) is 53.9 Å². The average molecular weight is 432 g/mol. The molecule has 1 aliphatic heterocycles. The molecule has 1 fully saturated rings. The van der Waals surface area contributed by atoms with Gasteiger partial charge in [-0.2, -0.15) is 9.40 Å². The number of hydrogen-bond acceptors (Lipinski definition) is 6. The van der Waals surface area contributed by atoms with Crippen molar-refractivity contribution >= 4 is 33.0 Å². The Labute approximate surface area is 173 Å². The number of thiophene rings is 1. The average Bonchev–Trinajstić information content (AvgIpc) is 3.41. The summed E-state index contributed by atoms with van der Waals surface area (Å²) in [5, 5.41) is 6.96. The van der Waals surface area contributed by atoms with Gasteiger partial charge in [0.1, 0.15) is 16.9 Å². The maximum atomic E-state index is 12.9. The number of rotatable bonds is 5. The summed E-state index contributed by atoms with van der Waals surface area (Å²) in [4.78, 5) is 17.6. The van der Waals surface area contributed by atoms with E-state index >= 15 is 0 Å². The van der Waals surface area contributed by atoms with E-state index in [9.17, 15) is 13.2 Å². The van der Waals surface area contributed by atoms with Crippen molar-refractivity contribution in [2.75, 3.05) is 18.4 Å². The molecule has 1 atom stereocenters. The first-order chi connectivity index (χ1) is 13.9. The van der Waals surface area contributed by atoms with Gasteiger partial charge in [0.25, 0.3) is 10.0 Å². The summed E-state index contributed by atoms with van der Waals surface area (Å²) in [5.74, 6) is -0.546. The van der Waals surface area contributed by atoms with Crippen LogP contribution in [0.4, 0.5) is 5.69 Å². The highest BCUT2D eigenvalue weighted by Gasteiger charge is 2.34. The van der Waals surface area contributed by atoms with Crippen molar-refractivity contribution in [3.8, 4) is 5.69 Å². The zero-order valence-electron chi connectivity index (χ0n) is 15.9. The first-order valence-electron chi connectivity index (χ1n) is 9.26. The molecule has 2 aromatic heterocycles. The van der Waals surface area contributed by atoms with E-state index in [1.807, 2.05) is 19.1 Å². The maximum absolute atomic E-state index is 12.9. The zero-order valence-corrected chi connectivity index (χ0v) is 17.5. The van der Waals surface area contributed by atoms with E-state index in [0.29, 0.717) is 29.3 Å². The molecule has 4 rings (SSSR count). The smallest absolute Gasteiger partial charge is 0.252 e. The number of carbonyl (C=O) groups excluding carboxylic acids is 1. The van der Waals surface area contributed by atoms with Gasteiger partial charge in [0.2, 0.25) is 5.91 Å². The third-order valence-corrected chi connectivity index (χ3v) is 8.22. The molecule has 29 heavy (non-hydrogen) atoms. The minimum atomic E-state index is -3.55. The lowest BCUT2D eigenvalue weighted by atomic mass is 9.98. The van der Waals surface area contributed by atoms with E-state index in [1.165, 1.54) is 22.0 Å². The lowest BCUT2D eigenvalue weighted by molar-refractivity contribution is -0.120. The molecule has 0 aliphatic carbocycles. The molecular formula is C19H21N5O3S2. The van der Waals surface area contributed by atoms with Crippen LogP contribution >= 0.6 is 11.3 Å². The first kappa shape index (κ1) is 19.7. The largest absolute Gasteiger partial charge is 0.326 e. The summed E-state index contributed by atoms with van der Waals surface area (Å²) < 4.78 is 29.1. The molecule has 1 N–H and O–H groups in total. The van der Waals surface area contributed by atoms with E-state index in [1.54, 1.807) is 35.3 Å². The van der Waals surface area contributed by atoms with Crippen LogP contribution in [0.1, 0.15) is 17.7 Å². The highest BCUT2D eigenvalue weighted by molar-refractivity contribution is 7.91. The number of hydrogen-bond donors (Lipinski definition) is 1. The first-order valence-corrected chi connectivity index (χ1v) is 11.5. The lowest BCUT2D eigenvalue weighted by Crippen LogP contribution is -2.43. The highest BCUT2D eigenvalue weighted by atomic mass is 32.2. The fourth-order valence-electron chi connectivity index (χ4n) is 3.34. The second-order valence-corrected chi connectivity index (χ2v) is 10.4. The number of sulfonamides is 1. The molecule has 3 heterocycles. The highest BCUT2D eigenvalue weighted by Crippen LogP contribution is 2.28. The van der Waals surface area contributed by atoms with Crippen molar-refractivity contribution < 1.29 is 13.2 Å². The van der Waals surface area contributed by atoms with Crippen LogP contribution in [0.5, 0.6) is 0 Å². The zero-order chi connectivity index (χ0) is 20.4. The molecular weight excluding hydrogens is 410 g/mol. The molecule has 10 heteroatoms. The Morgan fingerprint density at radius 3 is 2.66 bits per heavy atom. The Hall–Kier alpha value is -2.56. The van der Waals surface area contributed by atoms with Crippen molar-refractivity contribution in [3.63, 3.8) is 0 Å². The quantitative estimate of drug-likeness (QED) is 0.670. The van der Waals surface area contributed by atoms with Gasteiger partial charge in [-0.15, -0.1) is 11.3 Å². The van der Waals surface area contributed by atoms with E-state index in [2.05, 4.69) is 15.4 Å². The monoisotopic (exact) mass is 431 g/mol. The van der Waals surface area contributed by atoms with Gasteiger partial charge >= 0.3 is 0 Å². The number of aromatic nitrogens is 3. The fraction of sp³-hybridized carbons (Fsp3) is 0.316. The number of amides is 1. The van der Waals surface area contributed by atoms with E-state index in [-0.39, 0.29) is 18.4 Å². The summed E-state index contributed by atoms with van der Waals surface area (Å²) in [6.45, 7) is 2.52. The van der Waals surface area contributed by atoms with Crippen LogP contribution in [0, 0.1) is 12.8 Å². The number of nitrogens with zero attached hydrogens (tertiary/aromatic N) is 4. The molecule has 0 saturated carbocycles. The van der Waals surface area contributed by atoms with Gasteiger partial charge in [0.15, 0.2) is 0 Å². The summed E-state index contributed by atoms with van der Waals surface area (Å²) >= 11 is 1.26. The van der Waals surface area contributed by atoms with Crippen LogP contribution < -0.4 is 5.32 Å². The summed E-state index contributed by atoms with van der Waals surface area (Å²) in [6, 6.07) is 10.7. The molecule has 3 aromatic rings. The number of carbonyl (C=O) groups is 1. The van der Waals surface area contributed by atoms with Crippen molar-refractivity contribution in [1.82, 2.24) is 19.1 Å². The second kappa shape index (κ2) is 8.05. The van der Waals surface area contributed by atoms with Gasteiger partial charge < -0.3 is 5.32 Å². The predicted octanol–water partition coefficient (Wildman–Crippen LogP) is 2.68. The third-order valence-electron chi connectivity index (χ3n) is 4.88. The van der Waals surface area contributed by atoms with Gasteiger partial charge in [-0.1, -0.05) is 0 Å². The minimum absolute atomic E-state index is 0.166.